The van der Waals surface area contributed by atoms with Crippen LogP contribution in [-0.2, 0) is 20.0 Å². The largest absolute Gasteiger partial charge is 0.313 e. The van der Waals surface area contributed by atoms with Crippen LogP contribution in [0.15, 0.2) is 36.7 Å². The summed E-state index contributed by atoms with van der Waals surface area (Å²) in [6.45, 7) is 5.98. The molecule has 3 rings (SSSR count). The van der Waals surface area contributed by atoms with Gasteiger partial charge in [-0.05, 0) is 63.1 Å². The van der Waals surface area contributed by atoms with Crippen LogP contribution in [0.3, 0.4) is 0 Å². The molecule has 0 unspecified atom stereocenters. The van der Waals surface area contributed by atoms with E-state index in [2.05, 4.69) is 35.6 Å². The van der Waals surface area contributed by atoms with E-state index in [1.807, 2.05) is 46.9 Å². The van der Waals surface area contributed by atoms with Crippen molar-refractivity contribution in [3.8, 4) is 5.69 Å². The van der Waals surface area contributed by atoms with Crippen LogP contribution in [0.5, 0.6) is 0 Å². The van der Waals surface area contributed by atoms with E-state index in [1.165, 1.54) is 16.8 Å². The van der Waals surface area contributed by atoms with E-state index in [0.717, 1.165) is 42.3 Å². The molecule has 1 N–H and O–H groups in total. The third-order valence-electron chi connectivity index (χ3n) is 4.39. The van der Waals surface area contributed by atoms with Crippen molar-refractivity contribution >= 4 is 11.6 Å². The highest BCUT2D eigenvalue weighted by molar-refractivity contribution is 6.30. The molecule has 0 bridgehead atoms. The first-order valence-electron chi connectivity index (χ1n) is 8.54. The van der Waals surface area contributed by atoms with E-state index in [9.17, 15) is 0 Å². The highest BCUT2D eigenvalue weighted by atomic mass is 35.5. The number of hydrogen-bond acceptors (Lipinski definition) is 3. The number of nitrogens with zero attached hydrogens (tertiary/aromatic N) is 4. The van der Waals surface area contributed by atoms with Gasteiger partial charge in [0.2, 0.25) is 0 Å². The molecular weight excluding hydrogens is 334 g/mol. The Bertz CT molecular complexity index is 832. The van der Waals surface area contributed by atoms with Gasteiger partial charge in [-0.25, -0.2) is 4.68 Å². The Morgan fingerprint density at radius 3 is 2.60 bits per heavy atom. The minimum absolute atomic E-state index is 0.737. The smallest absolute Gasteiger partial charge is 0.0649 e. The van der Waals surface area contributed by atoms with Crippen LogP contribution in [0, 0.1) is 13.8 Å². The molecule has 0 aliphatic carbocycles. The monoisotopic (exact) mass is 357 g/mol. The standard InChI is InChI=1S/C19H24ClN5/c1-14-19(12-21-10-4-5-16-11-22-24(3)13-16)15(2)25(23-14)18-8-6-17(20)7-9-18/h6-9,11,13,21H,4-5,10,12H2,1-3H3. The minimum atomic E-state index is 0.737. The first-order valence-corrected chi connectivity index (χ1v) is 8.91. The van der Waals surface area contributed by atoms with Crippen LogP contribution in [-0.4, -0.2) is 26.1 Å². The van der Waals surface area contributed by atoms with E-state index in [-0.39, 0.29) is 0 Å². The lowest BCUT2D eigenvalue weighted by Gasteiger charge is -2.07. The number of halogens is 1. The number of aromatic nitrogens is 4. The summed E-state index contributed by atoms with van der Waals surface area (Å²) >= 11 is 5.97. The van der Waals surface area contributed by atoms with E-state index in [1.54, 1.807) is 0 Å². The molecule has 0 saturated carbocycles. The molecule has 0 atom stereocenters. The number of hydrogen-bond donors (Lipinski definition) is 1. The van der Waals surface area contributed by atoms with Gasteiger partial charge in [0, 0.05) is 36.1 Å². The molecule has 25 heavy (non-hydrogen) atoms. The van der Waals surface area contributed by atoms with E-state index >= 15 is 0 Å². The van der Waals surface area contributed by atoms with Gasteiger partial charge in [-0.1, -0.05) is 11.6 Å². The molecule has 132 valence electrons. The Balaban J connectivity index is 1.56. The Kier molecular flexibility index (Phi) is 5.56. The molecule has 2 heterocycles. The van der Waals surface area contributed by atoms with E-state index in [4.69, 9.17) is 11.6 Å². The van der Waals surface area contributed by atoms with Gasteiger partial charge < -0.3 is 5.32 Å². The zero-order chi connectivity index (χ0) is 17.8. The topological polar surface area (TPSA) is 47.7 Å². The molecule has 0 saturated heterocycles. The van der Waals surface area contributed by atoms with Crippen molar-refractivity contribution in [2.24, 2.45) is 7.05 Å². The van der Waals surface area contributed by atoms with Gasteiger partial charge in [0.15, 0.2) is 0 Å². The predicted molar refractivity (Wildman–Crippen MR) is 101 cm³/mol. The molecule has 6 heteroatoms. The van der Waals surface area contributed by atoms with Crippen molar-refractivity contribution < 1.29 is 0 Å². The SMILES string of the molecule is Cc1nn(-c2ccc(Cl)cc2)c(C)c1CNCCCc1cnn(C)c1. The highest BCUT2D eigenvalue weighted by Crippen LogP contribution is 2.19. The Morgan fingerprint density at radius 2 is 1.92 bits per heavy atom. The molecule has 0 aliphatic heterocycles. The van der Waals surface area contributed by atoms with Crippen LogP contribution < -0.4 is 5.32 Å². The molecule has 0 amide bonds. The van der Waals surface area contributed by atoms with Gasteiger partial charge in [-0.15, -0.1) is 0 Å². The van der Waals surface area contributed by atoms with Crippen molar-refractivity contribution in [1.29, 1.82) is 0 Å². The van der Waals surface area contributed by atoms with Crippen LogP contribution in [0.2, 0.25) is 5.02 Å². The number of rotatable bonds is 7. The van der Waals surface area contributed by atoms with Crippen molar-refractivity contribution in [3.63, 3.8) is 0 Å². The zero-order valence-electron chi connectivity index (χ0n) is 15.0. The summed E-state index contributed by atoms with van der Waals surface area (Å²) in [5, 5.41) is 13.2. The summed E-state index contributed by atoms with van der Waals surface area (Å²) in [4.78, 5) is 0. The third-order valence-corrected chi connectivity index (χ3v) is 4.64. The molecule has 0 radical (unpaired) electrons. The highest BCUT2D eigenvalue weighted by Gasteiger charge is 2.12. The molecule has 0 fully saturated rings. The third kappa shape index (κ3) is 4.30. The summed E-state index contributed by atoms with van der Waals surface area (Å²) in [6, 6.07) is 7.77. The number of benzene rings is 1. The van der Waals surface area contributed by atoms with Gasteiger partial charge in [0.25, 0.3) is 0 Å². The molecule has 0 spiro atoms. The zero-order valence-corrected chi connectivity index (χ0v) is 15.7. The van der Waals surface area contributed by atoms with Gasteiger partial charge in [0.05, 0.1) is 17.6 Å². The lowest BCUT2D eigenvalue weighted by molar-refractivity contribution is 0.645. The van der Waals surface area contributed by atoms with E-state index in [0.29, 0.717) is 0 Å². The van der Waals surface area contributed by atoms with E-state index < -0.39 is 0 Å². The molecule has 1 aromatic carbocycles. The fraction of sp³-hybridized carbons (Fsp3) is 0.368. The average Bonchev–Trinajstić information content (AvgIpc) is 3.12. The second kappa shape index (κ2) is 7.85. The quantitative estimate of drug-likeness (QED) is 0.657. The van der Waals surface area contributed by atoms with Gasteiger partial charge in [0.1, 0.15) is 0 Å². The van der Waals surface area contributed by atoms with Crippen molar-refractivity contribution in [2.75, 3.05) is 6.54 Å². The first kappa shape index (κ1) is 17.7. The second-order valence-corrected chi connectivity index (χ2v) is 6.78. The average molecular weight is 358 g/mol. The maximum absolute atomic E-state index is 5.97. The fourth-order valence-corrected chi connectivity index (χ4v) is 3.12. The van der Waals surface area contributed by atoms with Crippen molar-refractivity contribution in [1.82, 2.24) is 24.9 Å². The summed E-state index contributed by atoms with van der Waals surface area (Å²) in [6.07, 6.45) is 6.15. The molecule has 0 aliphatic rings. The number of nitrogens with one attached hydrogen (secondary N) is 1. The summed E-state index contributed by atoms with van der Waals surface area (Å²) in [7, 11) is 1.95. The van der Waals surface area contributed by atoms with Crippen LogP contribution in [0.4, 0.5) is 0 Å². The minimum Gasteiger partial charge on any atom is -0.313 e. The van der Waals surface area contributed by atoms with Crippen LogP contribution in [0.1, 0.15) is 28.9 Å². The molecular formula is C19H24ClN5. The fourth-order valence-electron chi connectivity index (χ4n) is 3.00. The lowest BCUT2D eigenvalue weighted by atomic mass is 10.1. The summed E-state index contributed by atoms with van der Waals surface area (Å²) < 4.78 is 3.83. The van der Waals surface area contributed by atoms with Gasteiger partial charge in [-0.3, -0.25) is 4.68 Å². The summed E-state index contributed by atoms with van der Waals surface area (Å²) in [5.74, 6) is 0. The second-order valence-electron chi connectivity index (χ2n) is 6.34. The van der Waals surface area contributed by atoms with Crippen LogP contribution in [0.25, 0.3) is 5.69 Å². The predicted octanol–water partition coefficient (Wildman–Crippen LogP) is 3.60. The Morgan fingerprint density at radius 1 is 1.16 bits per heavy atom. The Labute approximate surface area is 153 Å². The van der Waals surface area contributed by atoms with Crippen molar-refractivity contribution in [2.45, 2.75) is 33.2 Å². The maximum Gasteiger partial charge on any atom is 0.0649 e. The van der Waals surface area contributed by atoms with Crippen LogP contribution >= 0.6 is 11.6 Å². The maximum atomic E-state index is 5.97. The Hall–Kier alpha value is -2.11. The van der Waals surface area contributed by atoms with Gasteiger partial charge >= 0.3 is 0 Å². The first-order chi connectivity index (χ1) is 12.0. The lowest BCUT2D eigenvalue weighted by Crippen LogP contribution is -2.16. The molecule has 3 aromatic rings. The van der Waals surface area contributed by atoms with Crippen molar-refractivity contribution in [3.05, 3.63) is 64.2 Å². The molecule has 2 aromatic heterocycles. The number of aryl methyl sites for hydroxylation is 3. The van der Waals surface area contributed by atoms with Gasteiger partial charge in [-0.2, -0.15) is 10.2 Å². The summed E-state index contributed by atoms with van der Waals surface area (Å²) in [5.41, 5.74) is 5.81. The normalized spacial score (nSPS) is 11.2. The molecule has 5 nitrogen and oxygen atoms in total.